The lowest BCUT2D eigenvalue weighted by molar-refractivity contribution is -0.123. The number of halogens is 2. The van der Waals surface area contributed by atoms with E-state index in [2.05, 4.69) is 31.9 Å². The average molecular weight is 413 g/mol. The highest BCUT2D eigenvalue weighted by molar-refractivity contribution is 9.12. The van der Waals surface area contributed by atoms with Crippen LogP contribution in [0.1, 0.15) is 12.0 Å². The van der Waals surface area contributed by atoms with Crippen molar-refractivity contribution in [1.29, 1.82) is 0 Å². The van der Waals surface area contributed by atoms with Crippen LogP contribution < -0.4 is 4.90 Å². The summed E-state index contributed by atoms with van der Waals surface area (Å²) in [4.78, 5) is 27.6. The van der Waals surface area contributed by atoms with E-state index >= 15 is 0 Å². The molecule has 1 aromatic rings. The Labute approximate surface area is 140 Å². The molecule has 1 heterocycles. The molecule has 2 aliphatic carbocycles. The SMILES string of the molecule is Cc1cccc(N2C(=O)[C@@H]3[C@@H]4C[C@@H]([C@H](Br)[C@@H]4Br)[C@@H]3C2=O)c1. The highest BCUT2D eigenvalue weighted by Gasteiger charge is 2.66. The highest BCUT2D eigenvalue weighted by Crippen LogP contribution is 2.60. The number of nitrogens with zero attached hydrogens (tertiary/aromatic N) is 1. The number of alkyl halides is 2. The van der Waals surface area contributed by atoms with Crippen molar-refractivity contribution >= 4 is 49.4 Å². The van der Waals surface area contributed by atoms with Crippen molar-refractivity contribution in [3.8, 4) is 0 Å². The zero-order valence-corrected chi connectivity index (χ0v) is 14.7. The summed E-state index contributed by atoms with van der Waals surface area (Å²) in [5, 5.41) is 0. The van der Waals surface area contributed by atoms with Gasteiger partial charge in [0.05, 0.1) is 17.5 Å². The quantitative estimate of drug-likeness (QED) is 0.524. The zero-order valence-electron chi connectivity index (χ0n) is 11.5. The van der Waals surface area contributed by atoms with E-state index in [1.807, 2.05) is 31.2 Å². The molecule has 3 fully saturated rings. The number of anilines is 1. The van der Waals surface area contributed by atoms with Crippen LogP contribution in [0.3, 0.4) is 0 Å². The van der Waals surface area contributed by atoms with Crippen molar-refractivity contribution in [3.05, 3.63) is 29.8 Å². The molecule has 21 heavy (non-hydrogen) atoms. The minimum Gasteiger partial charge on any atom is -0.274 e. The van der Waals surface area contributed by atoms with E-state index in [0.29, 0.717) is 0 Å². The third-order valence-corrected chi connectivity index (χ3v) is 8.45. The second-order valence-electron chi connectivity index (χ2n) is 6.35. The van der Waals surface area contributed by atoms with E-state index in [-0.39, 0.29) is 45.1 Å². The number of fused-ring (bicyclic) bond motifs is 5. The third kappa shape index (κ3) is 1.76. The van der Waals surface area contributed by atoms with Crippen molar-refractivity contribution < 1.29 is 9.59 Å². The molecule has 0 radical (unpaired) electrons. The Morgan fingerprint density at radius 3 is 2.14 bits per heavy atom. The van der Waals surface area contributed by atoms with E-state index in [1.165, 1.54) is 4.90 Å². The highest BCUT2D eigenvalue weighted by atomic mass is 79.9. The second kappa shape index (κ2) is 4.66. The molecule has 0 spiro atoms. The summed E-state index contributed by atoms with van der Waals surface area (Å²) in [5.41, 5.74) is 1.78. The zero-order chi connectivity index (χ0) is 14.9. The number of rotatable bonds is 1. The van der Waals surface area contributed by atoms with Crippen molar-refractivity contribution in [3.63, 3.8) is 0 Å². The van der Waals surface area contributed by atoms with E-state index in [1.54, 1.807) is 0 Å². The normalized spacial score (nSPS) is 41.0. The molecule has 110 valence electrons. The van der Waals surface area contributed by atoms with E-state index < -0.39 is 0 Å². The predicted molar refractivity (Wildman–Crippen MR) is 87.7 cm³/mol. The van der Waals surface area contributed by atoms with Crippen LogP contribution >= 0.6 is 31.9 Å². The van der Waals surface area contributed by atoms with Gasteiger partial charge < -0.3 is 0 Å². The van der Waals surface area contributed by atoms with Crippen LogP contribution in [-0.4, -0.2) is 21.5 Å². The van der Waals surface area contributed by atoms with Crippen LogP contribution in [-0.2, 0) is 9.59 Å². The fraction of sp³-hybridized carbons (Fsp3) is 0.500. The van der Waals surface area contributed by atoms with Gasteiger partial charge in [0.25, 0.3) is 0 Å². The maximum atomic E-state index is 12.8. The van der Waals surface area contributed by atoms with Crippen LogP contribution in [0.5, 0.6) is 0 Å². The largest absolute Gasteiger partial charge is 0.274 e. The molecule has 1 saturated heterocycles. The smallest absolute Gasteiger partial charge is 0.238 e. The van der Waals surface area contributed by atoms with Crippen LogP contribution in [0.25, 0.3) is 0 Å². The first-order chi connectivity index (χ1) is 10.0. The first-order valence-corrected chi connectivity index (χ1v) is 9.06. The van der Waals surface area contributed by atoms with Gasteiger partial charge in [-0.15, -0.1) is 0 Å². The number of benzene rings is 1. The summed E-state index contributed by atoms with van der Waals surface area (Å²) in [6.07, 6.45) is 0.973. The lowest BCUT2D eigenvalue weighted by Crippen LogP contribution is -2.37. The van der Waals surface area contributed by atoms with E-state index in [4.69, 9.17) is 0 Å². The molecule has 6 atom stereocenters. The molecule has 0 aromatic heterocycles. The van der Waals surface area contributed by atoms with Gasteiger partial charge >= 0.3 is 0 Å². The number of aryl methyl sites for hydroxylation is 1. The van der Waals surface area contributed by atoms with Crippen molar-refractivity contribution in [1.82, 2.24) is 0 Å². The summed E-state index contributed by atoms with van der Waals surface area (Å²) < 4.78 is 0. The maximum Gasteiger partial charge on any atom is 0.238 e. The predicted octanol–water partition coefficient (Wildman–Crippen LogP) is 3.28. The molecule has 2 amide bonds. The topological polar surface area (TPSA) is 37.4 Å². The molecule has 0 N–H and O–H groups in total. The number of carbonyl (C=O) groups excluding carboxylic acids is 2. The Morgan fingerprint density at radius 2 is 1.62 bits per heavy atom. The Bertz CT molecular complexity index is 615. The first kappa shape index (κ1) is 13.9. The third-order valence-electron chi connectivity index (χ3n) is 5.25. The van der Waals surface area contributed by atoms with Gasteiger partial charge in [0.15, 0.2) is 0 Å². The van der Waals surface area contributed by atoms with Crippen molar-refractivity contribution in [2.45, 2.75) is 23.0 Å². The van der Waals surface area contributed by atoms with Gasteiger partial charge in [-0.3, -0.25) is 14.5 Å². The lowest BCUT2D eigenvalue weighted by atomic mass is 9.81. The monoisotopic (exact) mass is 411 g/mol. The minimum absolute atomic E-state index is 0.00745. The number of imide groups is 1. The average Bonchev–Trinajstić information content (AvgIpc) is 3.04. The molecule has 5 heteroatoms. The molecular weight excluding hydrogens is 398 g/mol. The molecule has 1 aliphatic heterocycles. The van der Waals surface area contributed by atoms with Crippen LogP contribution in [0, 0.1) is 30.6 Å². The van der Waals surface area contributed by atoms with Crippen molar-refractivity contribution in [2.24, 2.45) is 23.7 Å². The van der Waals surface area contributed by atoms with E-state index in [0.717, 1.165) is 17.7 Å². The van der Waals surface area contributed by atoms with Gasteiger partial charge in [-0.1, -0.05) is 44.0 Å². The Balaban J connectivity index is 1.75. The molecule has 1 aromatic carbocycles. The second-order valence-corrected chi connectivity index (χ2v) is 8.47. The number of carbonyl (C=O) groups is 2. The van der Waals surface area contributed by atoms with Crippen LogP contribution in [0.2, 0.25) is 0 Å². The summed E-state index contributed by atoms with van der Waals surface area (Å²) >= 11 is 7.41. The van der Waals surface area contributed by atoms with Gasteiger partial charge in [0.2, 0.25) is 11.8 Å². The van der Waals surface area contributed by atoms with Gasteiger partial charge in [-0.2, -0.15) is 0 Å². The molecular formula is C16H15Br2NO2. The first-order valence-electron chi connectivity index (χ1n) is 7.23. The molecule has 3 nitrogen and oxygen atoms in total. The number of amides is 2. The Morgan fingerprint density at radius 1 is 1.05 bits per heavy atom. The molecule has 3 aliphatic rings. The van der Waals surface area contributed by atoms with Crippen LogP contribution in [0.15, 0.2) is 24.3 Å². The fourth-order valence-corrected chi connectivity index (χ4v) is 6.24. The molecule has 2 bridgehead atoms. The number of hydrogen-bond acceptors (Lipinski definition) is 2. The van der Waals surface area contributed by atoms with Gasteiger partial charge in [0, 0.05) is 9.65 Å². The van der Waals surface area contributed by atoms with Crippen molar-refractivity contribution in [2.75, 3.05) is 4.90 Å². The standard InChI is InChI=1S/C16H15Br2NO2/c1-7-3-2-4-8(5-7)19-15(20)11-9-6-10(12(11)16(19)21)14(18)13(9)17/h2-5,9-14H,6H2,1H3/t9-,10+,11+,12-,13+,14-. The summed E-state index contributed by atoms with van der Waals surface area (Å²) in [6.45, 7) is 1.97. The van der Waals surface area contributed by atoms with Gasteiger partial charge in [-0.25, -0.2) is 0 Å². The van der Waals surface area contributed by atoms with Gasteiger partial charge in [0.1, 0.15) is 0 Å². The lowest BCUT2D eigenvalue weighted by Gasteiger charge is -2.28. The fourth-order valence-electron chi connectivity index (χ4n) is 4.37. The summed E-state index contributed by atoms with van der Waals surface area (Å²) in [7, 11) is 0. The Kier molecular flexibility index (Phi) is 3.09. The van der Waals surface area contributed by atoms with Crippen LogP contribution in [0.4, 0.5) is 5.69 Å². The summed E-state index contributed by atoms with van der Waals surface area (Å²) in [5.74, 6) is 0.257. The minimum atomic E-state index is -0.138. The van der Waals surface area contributed by atoms with E-state index in [9.17, 15) is 9.59 Å². The summed E-state index contributed by atoms with van der Waals surface area (Å²) in [6, 6.07) is 7.63. The number of hydrogen-bond donors (Lipinski definition) is 0. The Hall–Kier alpha value is -0.680. The molecule has 2 saturated carbocycles. The maximum absolute atomic E-state index is 12.8. The molecule has 4 rings (SSSR count). The van der Waals surface area contributed by atoms with Gasteiger partial charge in [-0.05, 0) is 42.9 Å². The molecule has 0 unspecified atom stereocenters.